The third-order valence-corrected chi connectivity index (χ3v) is 4.43. The fourth-order valence-electron chi connectivity index (χ4n) is 2.58. The van der Waals surface area contributed by atoms with Gasteiger partial charge in [0, 0.05) is 10.9 Å². The highest BCUT2D eigenvalue weighted by Gasteiger charge is 2.15. The van der Waals surface area contributed by atoms with E-state index in [1.807, 2.05) is 12.3 Å². The Labute approximate surface area is 139 Å². The average Bonchev–Trinajstić information content (AvgIpc) is 3.05. The number of carbonyl (C=O) groups excluding carboxylic acids is 1. The molecule has 23 heavy (non-hydrogen) atoms. The maximum absolute atomic E-state index is 12.3. The molecule has 0 fully saturated rings. The summed E-state index contributed by atoms with van der Waals surface area (Å²) in [5.74, 6) is 1.15. The largest absolute Gasteiger partial charge is 0.466 e. The molecule has 0 atom stereocenters. The highest BCUT2D eigenvalue weighted by Crippen LogP contribution is 2.28. The van der Waals surface area contributed by atoms with Crippen molar-refractivity contribution in [1.29, 1.82) is 0 Å². The number of nitrogens with one attached hydrogen (secondary N) is 1. The molecular formula is C18H18N2O2S. The summed E-state index contributed by atoms with van der Waals surface area (Å²) in [5, 5.41) is 5.39. The van der Waals surface area contributed by atoms with Gasteiger partial charge >= 0.3 is 0 Å². The lowest BCUT2D eigenvalue weighted by Crippen LogP contribution is -2.11. The second-order valence-electron chi connectivity index (χ2n) is 5.64. The fourth-order valence-corrected chi connectivity index (χ4v) is 3.28. The number of hydrogen-bond donors (Lipinski definition) is 1. The van der Waals surface area contributed by atoms with E-state index in [0.29, 0.717) is 16.5 Å². The van der Waals surface area contributed by atoms with E-state index >= 15 is 0 Å². The highest BCUT2D eigenvalue weighted by molar-refractivity contribution is 7.14. The van der Waals surface area contributed by atoms with Crippen molar-refractivity contribution >= 4 is 22.4 Å². The van der Waals surface area contributed by atoms with Gasteiger partial charge in [-0.2, -0.15) is 0 Å². The summed E-state index contributed by atoms with van der Waals surface area (Å²) in [6, 6.07) is 8.00. The zero-order valence-electron chi connectivity index (χ0n) is 13.6. The number of furan rings is 1. The van der Waals surface area contributed by atoms with Crippen LogP contribution in [0.15, 0.2) is 34.1 Å². The van der Waals surface area contributed by atoms with Crippen LogP contribution >= 0.6 is 11.3 Å². The van der Waals surface area contributed by atoms with Crippen molar-refractivity contribution in [3.05, 3.63) is 57.9 Å². The molecule has 0 unspecified atom stereocenters. The molecule has 1 amide bonds. The molecule has 0 aliphatic rings. The van der Waals surface area contributed by atoms with Gasteiger partial charge in [-0.3, -0.25) is 10.1 Å². The molecule has 1 aromatic carbocycles. The van der Waals surface area contributed by atoms with Gasteiger partial charge in [-0.1, -0.05) is 23.8 Å². The number of aryl methyl sites for hydroxylation is 4. The highest BCUT2D eigenvalue weighted by atomic mass is 32.1. The molecule has 5 heteroatoms. The second-order valence-corrected chi connectivity index (χ2v) is 6.50. The molecule has 3 aromatic rings. The molecule has 0 aliphatic heterocycles. The summed E-state index contributed by atoms with van der Waals surface area (Å²) in [6.07, 6.45) is 0. The summed E-state index contributed by atoms with van der Waals surface area (Å²) in [7, 11) is 0. The molecule has 118 valence electrons. The van der Waals surface area contributed by atoms with E-state index in [0.717, 1.165) is 17.0 Å². The lowest BCUT2D eigenvalue weighted by molar-refractivity contribution is 0.102. The quantitative estimate of drug-likeness (QED) is 0.745. The van der Waals surface area contributed by atoms with E-state index in [4.69, 9.17) is 4.42 Å². The SMILES string of the molecule is Cc1ccc(-c2csc(NC(=O)c3cc(C)oc3C)n2)c(C)c1. The lowest BCUT2D eigenvalue weighted by atomic mass is 10.0. The lowest BCUT2D eigenvalue weighted by Gasteiger charge is -2.03. The van der Waals surface area contributed by atoms with Gasteiger partial charge in [-0.05, 0) is 39.3 Å². The van der Waals surface area contributed by atoms with Gasteiger partial charge in [-0.15, -0.1) is 11.3 Å². The molecule has 0 saturated heterocycles. The number of amides is 1. The van der Waals surface area contributed by atoms with Crippen LogP contribution in [0.25, 0.3) is 11.3 Å². The van der Waals surface area contributed by atoms with Gasteiger partial charge in [0.15, 0.2) is 5.13 Å². The number of hydrogen-bond acceptors (Lipinski definition) is 4. The predicted octanol–water partition coefficient (Wildman–Crippen LogP) is 4.89. The van der Waals surface area contributed by atoms with Crippen LogP contribution in [-0.4, -0.2) is 10.9 Å². The van der Waals surface area contributed by atoms with E-state index < -0.39 is 0 Å². The van der Waals surface area contributed by atoms with Gasteiger partial charge in [0.1, 0.15) is 11.5 Å². The van der Waals surface area contributed by atoms with Gasteiger partial charge in [-0.25, -0.2) is 4.98 Å². The van der Waals surface area contributed by atoms with Gasteiger partial charge in [0.05, 0.1) is 11.3 Å². The Morgan fingerprint density at radius 1 is 1.17 bits per heavy atom. The molecule has 0 aliphatic carbocycles. The predicted molar refractivity (Wildman–Crippen MR) is 93.2 cm³/mol. The van der Waals surface area contributed by atoms with Gasteiger partial charge in [0.25, 0.3) is 5.91 Å². The normalized spacial score (nSPS) is 10.8. The average molecular weight is 326 g/mol. The van der Waals surface area contributed by atoms with E-state index in [9.17, 15) is 4.79 Å². The molecule has 0 radical (unpaired) electrons. The van der Waals surface area contributed by atoms with E-state index in [1.165, 1.54) is 22.5 Å². The van der Waals surface area contributed by atoms with Crippen LogP contribution in [0.5, 0.6) is 0 Å². The van der Waals surface area contributed by atoms with Crippen LogP contribution in [0, 0.1) is 27.7 Å². The zero-order valence-corrected chi connectivity index (χ0v) is 14.4. The van der Waals surface area contributed by atoms with E-state index in [-0.39, 0.29) is 5.91 Å². The van der Waals surface area contributed by atoms with Crippen LogP contribution in [0.4, 0.5) is 5.13 Å². The minimum Gasteiger partial charge on any atom is -0.466 e. The standard InChI is InChI=1S/C18H18N2O2S/c1-10-5-6-14(11(2)7-10)16-9-23-18(19-16)20-17(21)15-8-12(3)22-13(15)4/h5-9H,1-4H3,(H,19,20,21). The van der Waals surface area contributed by atoms with Crippen molar-refractivity contribution in [2.24, 2.45) is 0 Å². The summed E-state index contributed by atoms with van der Waals surface area (Å²) >= 11 is 1.42. The molecule has 3 rings (SSSR count). The van der Waals surface area contributed by atoms with E-state index in [2.05, 4.69) is 42.3 Å². The summed E-state index contributed by atoms with van der Waals surface area (Å²) in [5.41, 5.74) is 4.91. The molecule has 2 aromatic heterocycles. The number of anilines is 1. The van der Waals surface area contributed by atoms with Crippen molar-refractivity contribution in [3.8, 4) is 11.3 Å². The number of benzene rings is 1. The molecule has 0 saturated carbocycles. The molecular weight excluding hydrogens is 308 g/mol. The number of carbonyl (C=O) groups is 1. The molecule has 1 N–H and O–H groups in total. The Hall–Kier alpha value is -2.40. The summed E-state index contributed by atoms with van der Waals surface area (Å²) < 4.78 is 5.40. The first-order valence-electron chi connectivity index (χ1n) is 7.35. The molecule has 0 spiro atoms. The monoisotopic (exact) mass is 326 g/mol. The third-order valence-electron chi connectivity index (χ3n) is 3.67. The number of rotatable bonds is 3. The number of aromatic nitrogens is 1. The first-order chi connectivity index (χ1) is 10.9. The fraction of sp³-hybridized carbons (Fsp3) is 0.222. The van der Waals surface area contributed by atoms with Crippen LogP contribution in [0.2, 0.25) is 0 Å². The Balaban J connectivity index is 1.82. The minimum absolute atomic E-state index is 0.194. The van der Waals surface area contributed by atoms with Gasteiger partial charge < -0.3 is 4.42 Å². The van der Waals surface area contributed by atoms with Crippen molar-refractivity contribution in [2.75, 3.05) is 5.32 Å². The molecule has 0 bridgehead atoms. The van der Waals surface area contributed by atoms with Crippen LogP contribution in [-0.2, 0) is 0 Å². The topological polar surface area (TPSA) is 55.1 Å². The van der Waals surface area contributed by atoms with E-state index in [1.54, 1.807) is 13.0 Å². The first kappa shape index (κ1) is 15.5. The maximum Gasteiger partial charge on any atom is 0.260 e. The van der Waals surface area contributed by atoms with Crippen LogP contribution in [0.3, 0.4) is 0 Å². The van der Waals surface area contributed by atoms with Crippen LogP contribution < -0.4 is 5.32 Å². The molecule has 4 nitrogen and oxygen atoms in total. The van der Waals surface area contributed by atoms with Crippen LogP contribution in [0.1, 0.15) is 33.0 Å². The first-order valence-corrected chi connectivity index (χ1v) is 8.23. The van der Waals surface area contributed by atoms with Crippen molar-refractivity contribution in [1.82, 2.24) is 4.98 Å². The zero-order chi connectivity index (χ0) is 16.6. The number of nitrogens with zero attached hydrogens (tertiary/aromatic N) is 1. The Bertz CT molecular complexity index is 877. The summed E-state index contributed by atoms with van der Waals surface area (Å²) in [4.78, 5) is 16.8. The Morgan fingerprint density at radius 3 is 2.61 bits per heavy atom. The number of thiazole rings is 1. The van der Waals surface area contributed by atoms with Gasteiger partial charge in [0.2, 0.25) is 0 Å². The smallest absolute Gasteiger partial charge is 0.260 e. The van der Waals surface area contributed by atoms with Crippen molar-refractivity contribution in [2.45, 2.75) is 27.7 Å². The summed E-state index contributed by atoms with van der Waals surface area (Å²) in [6.45, 7) is 7.74. The minimum atomic E-state index is -0.194. The second kappa shape index (κ2) is 6.01. The van der Waals surface area contributed by atoms with Crippen molar-refractivity contribution in [3.63, 3.8) is 0 Å². The maximum atomic E-state index is 12.3. The Kier molecular flexibility index (Phi) is 4.05. The van der Waals surface area contributed by atoms with Crippen molar-refractivity contribution < 1.29 is 9.21 Å². The third kappa shape index (κ3) is 3.19. The Morgan fingerprint density at radius 2 is 1.96 bits per heavy atom. The molecule has 2 heterocycles.